The van der Waals surface area contributed by atoms with E-state index in [9.17, 15) is 29.7 Å². The maximum atomic E-state index is 13.5. The minimum Gasteiger partial charge on any atom is -0.507 e. The number of nitrogens with two attached hydrogens (primary N) is 1. The third-order valence-electron chi connectivity index (χ3n) is 7.28. The van der Waals surface area contributed by atoms with Gasteiger partial charge in [-0.05, 0) is 24.6 Å². The van der Waals surface area contributed by atoms with Gasteiger partial charge in [0.25, 0.3) is 0 Å². The van der Waals surface area contributed by atoms with Gasteiger partial charge >= 0.3 is 0 Å². The van der Waals surface area contributed by atoms with E-state index in [0.29, 0.717) is 11.8 Å². The standard InChI is InChI=1S/C26H27NO9/c1-11-22(29)16(27)7-19(35-11)36-18-9-26(33,10-28)8-15-13(18)6-14-21(25(15)32)23(30)12-4-3-5-17(34-2)20(12)24(14)31/h3-6,10-11,16,18-19,22,29,32-33H,7-9,27H2,1-2H3/t11?,16?,18-,19?,22?,26-/m0/s1. The lowest BCUT2D eigenvalue weighted by molar-refractivity contribution is -0.246. The van der Waals surface area contributed by atoms with Crippen molar-refractivity contribution in [1.29, 1.82) is 0 Å². The van der Waals surface area contributed by atoms with Crippen molar-refractivity contribution in [1.82, 2.24) is 0 Å². The van der Waals surface area contributed by atoms with Crippen molar-refractivity contribution in [3.63, 3.8) is 0 Å². The zero-order chi connectivity index (χ0) is 25.9. The molecule has 1 saturated heterocycles. The van der Waals surface area contributed by atoms with Crippen molar-refractivity contribution in [2.75, 3.05) is 7.11 Å². The van der Waals surface area contributed by atoms with E-state index in [4.69, 9.17) is 19.9 Å². The third kappa shape index (κ3) is 3.73. The van der Waals surface area contributed by atoms with Crippen LogP contribution in [-0.4, -0.2) is 70.4 Å². The van der Waals surface area contributed by atoms with Crippen molar-refractivity contribution in [3.8, 4) is 11.5 Å². The van der Waals surface area contributed by atoms with Gasteiger partial charge in [-0.15, -0.1) is 0 Å². The van der Waals surface area contributed by atoms with Crippen LogP contribution in [0.2, 0.25) is 0 Å². The Hall–Kier alpha value is -3.15. The number of ketones is 2. The lowest BCUT2D eigenvalue weighted by Crippen LogP contribution is -2.52. The highest BCUT2D eigenvalue weighted by Gasteiger charge is 2.45. The van der Waals surface area contributed by atoms with Crippen molar-refractivity contribution in [3.05, 3.63) is 57.6 Å². The second-order valence-corrected chi connectivity index (χ2v) is 9.64. The average molecular weight is 498 g/mol. The molecule has 0 saturated carbocycles. The number of fused-ring (bicyclic) bond motifs is 3. The van der Waals surface area contributed by atoms with Crippen LogP contribution in [0.15, 0.2) is 24.3 Å². The van der Waals surface area contributed by atoms with E-state index in [0.717, 1.165) is 0 Å². The van der Waals surface area contributed by atoms with E-state index < -0.39 is 53.6 Å². The molecule has 10 nitrogen and oxygen atoms in total. The molecule has 5 rings (SSSR count). The second-order valence-electron chi connectivity index (χ2n) is 9.64. The van der Waals surface area contributed by atoms with Crippen LogP contribution in [0, 0.1) is 0 Å². The van der Waals surface area contributed by atoms with Gasteiger partial charge < -0.3 is 40.1 Å². The minimum atomic E-state index is -1.88. The van der Waals surface area contributed by atoms with Gasteiger partial charge in [0, 0.05) is 42.0 Å². The van der Waals surface area contributed by atoms with Crippen LogP contribution in [0.25, 0.3) is 0 Å². The molecule has 190 valence electrons. The molecule has 3 aliphatic rings. The fraction of sp³-hybridized carbons (Fsp3) is 0.423. The number of phenolic OH excluding ortho intramolecular Hbond substituents is 1. The highest BCUT2D eigenvalue weighted by molar-refractivity contribution is 6.30. The highest BCUT2D eigenvalue weighted by Crippen LogP contribution is 2.47. The topological polar surface area (TPSA) is 166 Å². The first-order valence-corrected chi connectivity index (χ1v) is 11.7. The molecular formula is C26H27NO9. The Labute approximate surface area is 206 Å². The molecule has 0 radical (unpaired) electrons. The number of aliphatic hydroxyl groups is 2. The minimum absolute atomic E-state index is 0.0246. The van der Waals surface area contributed by atoms with E-state index in [2.05, 4.69) is 0 Å². The van der Waals surface area contributed by atoms with Crippen molar-refractivity contribution >= 4 is 17.9 Å². The Kier molecular flexibility index (Phi) is 5.97. The molecule has 2 aromatic rings. The number of carbonyl (C=O) groups is 3. The van der Waals surface area contributed by atoms with Crippen LogP contribution >= 0.6 is 0 Å². The van der Waals surface area contributed by atoms with Gasteiger partial charge in [0.15, 0.2) is 24.1 Å². The molecule has 5 N–H and O–H groups in total. The lowest BCUT2D eigenvalue weighted by atomic mass is 9.74. The number of ether oxygens (including phenoxy) is 3. The molecular weight excluding hydrogens is 470 g/mol. The van der Waals surface area contributed by atoms with Crippen molar-refractivity contribution < 1.29 is 43.9 Å². The van der Waals surface area contributed by atoms with Gasteiger partial charge in [0.05, 0.1) is 36.5 Å². The van der Waals surface area contributed by atoms with Crippen LogP contribution in [0.5, 0.6) is 11.5 Å². The number of aromatic hydroxyl groups is 1. The van der Waals surface area contributed by atoms with E-state index in [1.165, 1.54) is 19.2 Å². The number of hydrogen-bond donors (Lipinski definition) is 4. The maximum absolute atomic E-state index is 13.5. The van der Waals surface area contributed by atoms with Crippen LogP contribution < -0.4 is 10.5 Å². The Morgan fingerprint density at radius 2 is 1.92 bits per heavy atom. The van der Waals surface area contributed by atoms with Crippen molar-refractivity contribution in [2.45, 2.75) is 62.4 Å². The zero-order valence-corrected chi connectivity index (χ0v) is 19.8. The SMILES string of the molecule is COc1cccc2c1C(=O)c1cc3c(c(O)c1C2=O)C[C@@](O)(C=O)C[C@@H]3OC1CC(N)C(O)C(C)O1. The summed E-state index contributed by atoms with van der Waals surface area (Å²) in [7, 11) is 1.39. The highest BCUT2D eigenvalue weighted by atomic mass is 16.7. The molecule has 4 unspecified atom stereocenters. The number of aliphatic hydroxyl groups excluding tert-OH is 1. The molecule has 2 aromatic carbocycles. The summed E-state index contributed by atoms with van der Waals surface area (Å²) in [6.07, 6.45) is -3.26. The van der Waals surface area contributed by atoms with E-state index in [-0.39, 0.29) is 52.8 Å². The predicted molar refractivity (Wildman–Crippen MR) is 124 cm³/mol. The first-order valence-electron chi connectivity index (χ1n) is 11.7. The zero-order valence-electron chi connectivity index (χ0n) is 19.8. The summed E-state index contributed by atoms with van der Waals surface area (Å²) in [5.74, 6) is -1.32. The number of methoxy groups -OCH3 is 1. The smallest absolute Gasteiger partial charge is 0.198 e. The molecule has 6 atom stereocenters. The summed E-state index contributed by atoms with van der Waals surface area (Å²) in [5, 5.41) is 32.2. The summed E-state index contributed by atoms with van der Waals surface area (Å²) < 4.78 is 17.1. The Balaban J connectivity index is 1.62. The molecule has 2 aliphatic carbocycles. The molecule has 10 heteroatoms. The summed E-state index contributed by atoms with van der Waals surface area (Å²) in [5.41, 5.74) is 4.59. The molecule has 36 heavy (non-hydrogen) atoms. The molecule has 0 spiro atoms. The number of rotatable bonds is 4. The predicted octanol–water partition coefficient (Wildman–Crippen LogP) is 0.933. The quantitative estimate of drug-likeness (QED) is 0.381. The third-order valence-corrected chi connectivity index (χ3v) is 7.28. The van der Waals surface area contributed by atoms with Gasteiger partial charge in [-0.3, -0.25) is 9.59 Å². The number of hydrogen-bond acceptors (Lipinski definition) is 10. The summed E-state index contributed by atoms with van der Waals surface area (Å²) in [6, 6.07) is 5.48. The molecule has 0 amide bonds. The molecule has 1 fully saturated rings. The Morgan fingerprint density at radius 1 is 1.19 bits per heavy atom. The van der Waals surface area contributed by atoms with Gasteiger partial charge in [-0.1, -0.05) is 12.1 Å². The normalized spacial score (nSPS) is 31.3. The van der Waals surface area contributed by atoms with E-state index in [1.807, 2.05) is 0 Å². The average Bonchev–Trinajstić information content (AvgIpc) is 2.85. The van der Waals surface area contributed by atoms with Crippen LogP contribution in [-0.2, 0) is 20.7 Å². The van der Waals surface area contributed by atoms with Crippen molar-refractivity contribution in [2.24, 2.45) is 5.73 Å². The summed E-state index contributed by atoms with van der Waals surface area (Å²) in [4.78, 5) is 38.7. The summed E-state index contributed by atoms with van der Waals surface area (Å²) >= 11 is 0. The molecule has 0 aromatic heterocycles. The number of benzene rings is 2. The first-order chi connectivity index (χ1) is 17.1. The van der Waals surface area contributed by atoms with Gasteiger partial charge in [0.1, 0.15) is 17.1 Å². The monoisotopic (exact) mass is 497 g/mol. The first kappa shape index (κ1) is 24.5. The fourth-order valence-corrected chi connectivity index (χ4v) is 5.38. The number of phenols is 1. The molecule has 1 heterocycles. The van der Waals surface area contributed by atoms with Gasteiger partial charge in [-0.2, -0.15) is 0 Å². The van der Waals surface area contributed by atoms with Gasteiger partial charge in [-0.25, -0.2) is 0 Å². The number of aldehydes is 1. The van der Waals surface area contributed by atoms with Crippen LogP contribution in [0.4, 0.5) is 0 Å². The molecule has 0 bridgehead atoms. The maximum Gasteiger partial charge on any atom is 0.198 e. The largest absolute Gasteiger partial charge is 0.507 e. The lowest BCUT2D eigenvalue weighted by Gasteiger charge is -2.41. The van der Waals surface area contributed by atoms with Gasteiger partial charge in [0.2, 0.25) is 0 Å². The van der Waals surface area contributed by atoms with E-state index >= 15 is 0 Å². The fourth-order valence-electron chi connectivity index (χ4n) is 5.38. The van der Waals surface area contributed by atoms with Crippen LogP contribution in [0.1, 0.15) is 68.8 Å². The number of carbonyl (C=O) groups excluding carboxylic acids is 3. The Morgan fingerprint density at radius 3 is 2.58 bits per heavy atom. The molecule has 1 aliphatic heterocycles. The van der Waals surface area contributed by atoms with Crippen LogP contribution in [0.3, 0.4) is 0 Å². The summed E-state index contributed by atoms with van der Waals surface area (Å²) in [6.45, 7) is 1.65. The second kappa shape index (κ2) is 8.75. The Bertz CT molecular complexity index is 1260. The van der Waals surface area contributed by atoms with E-state index in [1.54, 1.807) is 19.1 Å².